The molecule has 2 amide bonds. The summed E-state index contributed by atoms with van der Waals surface area (Å²) in [5.74, 6) is 0.460. The van der Waals surface area contributed by atoms with E-state index in [0.29, 0.717) is 58.7 Å². The highest BCUT2D eigenvalue weighted by Gasteiger charge is 2.30. The van der Waals surface area contributed by atoms with Crippen LogP contribution >= 0.6 is 23.2 Å². The summed E-state index contributed by atoms with van der Waals surface area (Å²) in [6, 6.07) is 26.9. The molecular weight excluding hydrogens is 669 g/mol. The molecule has 0 radical (unpaired) electrons. The molecule has 0 saturated carbocycles. The number of anilines is 2. The van der Waals surface area contributed by atoms with E-state index in [1.54, 1.807) is 25.2 Å². The zero-order chi connectivity index (χ0) is 34.9. The average Bonchev–Trinajstić information content (AvgIpc) is 3.73. The molecular formula is C39H37Cl2N7O2. The van der Waals surface area contributed by atoms with Crippen molar-refractivity contribution in [3.63, 3.8) is 0 Å². The van der Waals surface area contributed by atoms with Gasteiger partial charge in [-0.25, -0.2) is 9.97 Å². The highest BCUT2D eigenvalue weighted by atomic mass is 35.5. The third kappa shape index (κ3) is 6.46. The maximum absolute atomic E-state index is 14.6. The van der Waals surface area contributed by atoms with Crippen LogP contribution in [0, 0.1) is 5.92 Å². The van der Waals surface area contributed by atoms with Gasteiger partial charge in [0.15, 0.2) is 5.82 Å². The van der Waals surface area contributed by atoms with E-state index in [-0.39, 0.29) is 23.8 Å². The number of amides is 2. The van der Waals surface area contributed by atoms with E-state index >= 15 is 0 Å². The fourth-order valence-corrected chi connectivity index (χ4v) is 7.13. The minimum absolute atomic E-state index is 0.0253. The Labute approximate surface area is 300 Å². The Bertz CT molecular complexity index is 2170. The van der Waals surface area contributed by atoms with Crippen LogP contribution in [0.2, 0.25) is 10.0 Å². The number of piperidine rings is 1. The molecule has 4 heterocycles. The summed E-state index contributed by atoms with van der Waals surface area (Å²) in [7, 11) is 3.59. The van der Waals surface area contributed by atoms with Crippen molar-refractivity contribution in [3.05, 3.63) is 119 Å². The first-order valence-electron chi connectivity index (χ1n) is 16.6. The number of nitrogens with one attached hydrogen (secondary N) is 2. The number of hydrogen-bond acceptors (Lipinski definition) is 5. The standard InChI is InChI=1S/C39H37Cl2N7O2/c1-24(25-11-13-28(40)14-12-25)48-23-43-34(26-8-5-4-6-9-26)36(48)33-30-16-15-29(41)22-32(30)44-35(33)38(49)45-31-10-7-19-42-37(31)47-20-17-27(18-21-47)39(50)46(2)3/h4-16,19,22-24,27,44H,17-18,20-21H2,1-3H3,(H,45,49). The zero-order valence-electron chi connectivity index (χ0n) is 28.0. The van der Waals surface area contributed by atoms with Crippen LogP contribution in [-0.2, 0) is 4.79 Å². The van der Waals surface area contributed by atoms with Crippen LogP contribution in [0.4, 0.5) is 11.5 Å². The normalized spacial score (nSPS) is 14.1. The number of aromatic amines is 1. The van der Waals surface area contributed by atoms with Crippen molar-refractivity contribution in [1.82, 2.24) is 24.4 Å². The van der Waals surface area contributed by atoms with E-state index in [9.17, 15) is 9.59 Å². The fourth-order valence-electron chi connectivity index (χ4n) is 6.83. The Morgan fingerprint density at radius 1 is 0.920 bits per heavy atom. The molecule has 0 aliphatic carbocycles. The van der Waals surface area contributed by atoms with Crippen LogP contribution in [0.3, 0.4) is 0 Å². The van der Waals surface area contributed by atoms with Crippen molar-refractivity contribution < 1.29 is 9.59 Å². The first-order valence-corrected chi connectivity index (χ1v) is 17.4. The number of fused-ring (bicyclic) bond motifs is 1. The molecule has 11 heteroatoms. The molecule has 7 rings (SSSR count). The van der Waals surface area contributed by atoms with Crippen molar-refractivity contribution in [3.8, 4) is 22.5 Å². The maximum atomic E-state index is 14.6. The first kappa shape index (κ1) is 33.4. The van der Waals surface area contributed by atoms with Gasteiger partial charge in [-0.2, -0.15) is 0 Å². The summed E-state index contributed by atoms with van der Waals surface area (Å²) in [5.41, 5.74) is 5.88. The molecule has 6 aromatic rings. The number of benzene rings is 3. The molecule has 50 heavy (non-hydrogen) atoms. The number of carbonyl (C=O) groups is 2. The molecule has 9 nitrogen and oxygen atoms in total. The monoisotopic (exact) mass is 705 g/mol. The van der Waals surface area contributed by atoms with Gasteiger partial charge < -0.3 is 24.7 Å². The largest absolute Gasteiger partial charge is 0.355 e. The van der Waals surface area contributed by atoms with Gasteiger partial charge >= 0.3 is 0 Å². The molecule has 254 valence electrons. The van der Waals surface area contributed by atoms with E-state index in [1.807, 2.05) is 91.3 Å². The third-order valence-corrected chi connectivity index (χ3v) is 9.94. The van der Waals surface area contributed by atoms with Crippen molar-refractivity contribution >= 4 is 57.4 Å². The lowest BCUT2D eigenvalue weighted by Crippen LogP contribution is -2.40. The number of aromatic nitrogens is 4. The molecule has 1 fully saturated rings. The Morgan fingerprint density at radius 2 is 1.64 bits per heavy atom. The molecule has 1 atom stereocenters. The van der Waals surface area contributed by atoms with Crippen LogP contribution in [0.15, 0.2) is 97.5 Å². The number of imidazole rings is 1. The topological polar surface area (TPSA) is 99.2 Å². The second-order valence-corrected chi connectivity index (χ2v) is 13.7. The number of pyridine rings is 1. The lowest BCUT2D eigenvalue weighted by molar-refractivity contribution is -0.133. The van der Waals surface area contributed by atoms with Crippen LogP contribution in [0.25, 0.3) is 33.4 Å². The van der Waals surface area contributed by atoms with Gasteiger partial charge in [-0.05, 0) is 61.7 Å². The molecule has 3 aromatic carbocycles. The quantitative estimate of drug-likeness (QED) is 0.165. The summed E-state index contributed by atoms with van der Waals surface area (Å²) < 4.78 is 2.11. The number of H-pyrrole nitrogens is 1. The van der Waals surface area contributed by atoms with Crippen molar-refractivity contribution in [2.24, 2.45) is 5.92 Å². The van der Waals surface area contributed by atoms with Gasteiger partial charge in [-0.3, -0.25) is 9.59 Å². The fraction of sp³-hybridized carbons (Fsp3) is 0.231. The summed E-state index contributed by atoms with van der Waals surface area (Å²) in [5, 5.41) is 5.22. The highest BCUT2D eigenvalue weighted by molar-refractivity contribution is 6.31. The Kier molecular flexibility index (Phi) is 9.35. The Hall–Kier alpha value is -5.12. The lowest BCUT2D eigenvalue weighted by atomic mass is 9.95. The molecule has 1 saturated heterocycles. The number of carbonyl (C=O) groups excluding carboxylic acids is 2. The van der Waals surface area contributed by atoms with Crippen molar-refractivity contribution in [2.75, 3.05) is 37.4 Å². The molecule has 0 bridgehead atoms. The molecule has 0 spiro atoms. The predicted molar refractivity (Wildman–Crippen MR) is 201 cm³/mol. The number of hydrogen-bond donors (Lipinski definition) is 2. The Balaban J connectivity index is 1.32. The molecule has 2 N–H and O–H groups in total. The Morgan fingerprint density at radius 3 is 2.36 bits per heavy atom. The molecule has 1 unspecified atom stereocenters. The van der Waals surface area contributed by atoms with Gasteiger partial charge in [-0.1, -0.05) is 71.7 Å². The summed E-state index contributed by atoms with van der Waals surface area (Å²) in [6.07, 6.45) is 4.98. The van der Waals surface area contributed by atoms with Gasteiger partial charge in [0.05, 0.1) is 29.4 Å². The minimum atomic E-state index is -0.329. The van der Waals surface area contributed by atoms with E-state index in [0.717, 1.165) is 33.4 Å². The van der Waals surface area contributed by atoms with Crippen LogP contribution in [0.5, 0.6) is 0 Å². The van der Waals surface area contributed by atoms with Crippen LogP contribution in [-0.4, -0.2) is 63.4 Å². The van der Waals surface area contributed by atoms with Gasteiger partial charge in [0.25, 0.3) is 5.91 Å². The van der Waals surface area contributed by atoms with Crippen LogP contribution < -0.4 is 10.2 Å². The van der Waals surface area contributed by atoms with Gasteiger partial charge in [0, 0.05) is 71.4 Å². The summed E-state index contributed by atoms with van der Waals surface area (Å²) in [4.78, 5) is 44.0. The van der Waals surface area contributed by atoms with Gasteiger partial charge in [0.2, 0.25) is 5.91 Å². The van der Waals surface area contributed by atoms with E-state index in [2.05, 4.69) is 31.7 Å². The van der Waals surface area contributed by atoms with Gasteiger partial charge in [-0.15, -0.1) is 0 Å². The SMILES string of the molecule is CC(c1ccc(Cl)cc1)n1cnc(-c2ccccc2)c1-c1c(C(=O)Nc2cccnc2N2CCC(C(=O)N(C)C)CC2)[nH]c2cc(Cl)ccc12. The summed E-state index contributed by atoms with van der Waals surface area (Å²) >= 11 is 12.7. The zero-order valence-corrected chi connectivity index (χ0v) is 29.5. The molecule has 3 aromatic heterocycles. The minimum Gasteiger partial charge on any atom is -0.355 e. The predicted octanol–water partition coefficient (Wildman–Crippen LogP) is 8.57. The second kappa shape index (κ2) is 14.0. The number of rotatable bonds is 8. The average molecular weight is 707 g/mol. The van der Waals surface area contributed by atoms with E-state index in [4.69, 9.17) is 28.2 Å². The summed E-state index contributed by atoms with van der Waals surface area (Å²) in [6.45, 7) is 3.41. The first-order chi connectivity index (χ1) is 24.2. The van der Waals surface area contributed by atoms with Crippen molar-refractivity contribution in [1.29, 1.82) is 0 Å². The lowest BCUT2D eigenvalue weighted by Gasteiger charge is -2.34. The van der Waals surface area contributed by atoms with Gasteiger partial charge in [0.1, 0.15) is 5.69 Å². The third-order valence-electron chi connectivity index (χ3n) is 9.45. The highest BCUT2D eigenvalue weighted by Crippen LogP contribution is 2.42. The molecule has 1 aliphatic heterocycles. The van der Waals surface area contributed by atoms with E-state index < -0.39 is 0 Å². The van der Waals surface area contributed by atoms with Crippen LogP contribution in [0.1, 0.15) is 41.9 Å². The number of halogens is 2. The maximum Gasteiger partial charge on any atom is 0.272 e. The second-order valence-electron chi connectivity index (χ2n) is 12.8. The smallest absolute Gasteiger partial charge is 0.272 e. The van der Waals surface area contributed by atoms with E-state index in [1.165, 1.54) is 0 Å². The molecule has 1 aliphatic rings. The number of nitrogens with zero attached hydrogens (tertiary/aromatic N) is 5. The van der Waals surface area contributed by atoms with Crippen molar-refractivity contribution in [2.45, 2.75) is 25.8 Å².